The van der Waals surface area contributed by atoms with Crippen molar-refractivity contribution in [1.29, 1.82) is 0 Å². The van der Waals surface area contributed by atoms with E-state index in [1.54, 1.807) is 5.30 Å². The Labute approximate surface area is 106 Å². The lowest BCUT2D eigenvalue weighted by Crippen LogP contribution is -1.97. The van der Waals surface area contributed by atoms with Gasteiger partial charge in [-0.2, -0.15) is 0 Å². The van der Waals surface area contributed by atoms with Crippen molar-refractivity contribution < 1.29 is 0 Å². The zero-order chi connectivity index (χ0) is 11.9. The first kappa shape index (κ1) is 12.6. The van der Waals surface area contributed by atoms with Crippen LogP contribution in [0.2, 0.25) is 0 Å². The molecule has 0 aromatic heterocycles. The largest absolute Gasteiger partial charge is 0.0897 e. The fourth-order valence-corrected chi connectivity index (χ4v) is 3.48. The van der Waals surface area contributed by atoms with E-state index in [4.69, 9.17) is 0 Å². The van der Waals surface area contributed by atoms with Crippen molar-refractivity contribution in [3.8, 4) is 0 Å². The van der Waals surface area contributed by atoms with Gasteiger partial charge in [0, 0.05) is 0 Å². The second-order valence-corrected chi connectivity index (χ2v) is 5.91. The summed E-state index contributed by atoms with van der Waals surface area (Å²) in [6.07, 6.45) is 6.86. The van der Waals surface area contributed by atoms with E-state index in [1.807, 2.05) is 0 Å². The third-order valence-electron chi connectivity index (χ3n) is 3.14. The van der Waals surface area contributed by atoms with Crippen molar-refractivity contribution in [3.63, 3.8) is 0 Å². The maximum atomic E-state index is 2.29. The van der Waals surface area contributed by atoms with Crippen molar-refractivity contribution in [2.45, 2.75) is 32.6 Å². The summed E-state index contributed by atoms with van der Waals surface area (Å²) in [5, 5.41) is 4.37. The van der Waals surface area contributed by atoms with Crippen molar-refractivity contribution in [1.82, 2.24) is 0 Å². The third-order valence-corrected chi connectivity index (χ3v) is 4.56. The summed E-state index contributed by atoms with van der Waals surface area (Å²) >= 11 is 0. The quantitative estimate of drug-likeness (QED) is 0.509. The SMILES string of the molecule is CCCCCCPc1cccc2ccccc12. The Balaban J connectivity index is 1.98. The fraction of sp³-hybridized carbons (Fsp3) is 0.375. The van der Waals surface area contributed by atoms with Crippen molar-refractivity contribution >= 4 is 24.7 Å². The molecule has 0 saturated heterocycles. The van der Waals surface area contributed by atoms with Gasteiger partial charge in [-0.25, -0.2) is 0 Å². The molecule has 1 heteroatoms. The van der Waals surface area contributed by atoms with Crippen LogP contribution < -0.4 is 5.30 Å². The van der Waals surface area contributed by atoms with Crippen LogP contribution in [0, 0.1) is 0 Å². The van der Waals surface area contributed by atoms with Crippen LogP contribution in [0.1, 0.15) is 32.6 Å². The average Bonchev–Trinajstić information content (AvgIpc) is 2.39. The maximum Gasteiger partial charge on any atom is -0.0110 e. The van der Waals surface area contributed by atoms with Gasteiger partial charge in [-0.15, -0.1) is 0 Å². The van der Waals surface area contributed by atoms with Crippen molar-refractivity contribution in [2.75, 3.05) is 6.16 Å². The van der Waals surface area contributed by atoms with E-state index in [0.29, 0.717) is 0 Å². The Bertz CT molecular complexity index is 457. The highest BCUT2D eigenvalue weighted by Crippen LogP contribution is 2.21. The van der Waals surface area contributed by atoms with Crippen LogP contribution in [0.15, 0.2) is 42.5 Å². The molecule has 0 saturated carbocycles. The van der Waals surface area contributed by atoms with E-state index >= 15 is 0 Å². The minimum atomic E-state index is 0.970. The first-order valence-corrected chi connectivity index (χ1v) is 7.84. The topological polar surface area (TPSA) is 0 Å². The highest BCUT2D eigenvalue weighted by molar-refractivity contribution is 7.47. The van der Waals surface area contributed by atoms with Crippen LogP contribution in [0.4, 0.5) is 0 Å². The first-order valence-electron chi connectivity index (χ1n) is 6.63. The smallest absolute Gasteiger partial charge is 0.0110 e. The van der Waals surface area contributed by atoms with Crippen LogP contribution in [0.5, 0.6) is 0 Å². The second kappa shape index (κ2) is 6.77. The summed E-state index contributed by atoms with van der Waals surface area (Å²) in [5.74, 6) is 0. The van der Waals surface area contributed by atoms with Gasteiger partial charge >= 0.3 is 0 Å². The molecule has 0 aliphatic carbocycles. The molecule has 0 spiro atoms. The van der Waals surface area contributed by atoms with Gasteiger partial charge in [-0.1, -0.05) is 77.2 Å². The third kappa shape index (κ3) is 3.54. The number of benzene rings is 2. The van der Waals surface area contributed by atoms with E-state index < -0.39 is 0 Å². The van der Waals surface area contributed by atoms with Crippen LogP contribution >= 0.6 is 8.58 Å². The molecule has 0 aliphatic heterocycles. The van der Waals surface area contributed by atoms with Crippen molar-refractivity contribution in [3.05, 3.63) is 42.5 Å². The minimum Gasteiger partial charge on any atom is -0.0897 e. The van der Waals surface area contributed by atoms with E-state index in [2.05, 4.69) is 49.4 Å². The molecule has 0 bridgehead atoms. The molecule has 1 unspecified atom stereocenters. The van der Waals surface area contributed by atoms with Gasteiger partial charge in [-0.3, -0.25) is 0 Å². The van der Waals surface area contributed by atoms with Crippen molar-refractivity contribution in [2.24, 2.45) is 0 Å². The zero-order valence-electron chi connectivity index (χ0n) is 10.6. The molecule has 0 amide bonds. The second-order valence-electron chi connectivity index (χ2n) is 4.51. The first-order chi connectivity index (χ1) is 8.42. The summed E-state index contributed by atoms with van der Waals surface area (Å²) < 4.78 is 0. The Hall–Kier alpha value is -0.870. The monoisotopic (exact) mass is 244 g/mol. The van der Waals surface area contributed by atoms with Crippen LogP contribution in [0.25, 0.3) is 10.8 Å². The fourth-order valence-electron chi connectivity index (χ4n) is 2.15. The molecule has 0 radical (unpaired) electrons. The normalized spacial score (nSPS) is 11.6. The molecule has 0 aliphatic rings. The minimum absolute atomic E-state index is 0.970. The summed E-state index contributed by atoms with van der Waals surface area (Å²) in [7, 11) is 0.970. The van der Waals surface area contributed by atoms with Gasteiger partial charge in [0.2, 0.25) is 0 Å². The predicted octanol–water partition coefficient (Wildman–Crippen LogP) is 4.72. The van der Waals surface area contributed by atoms with Crippen LogP contribution in [0.3, 0.4) is 0 Å². The highest BCUT2D eigenvalue weighted by Gasteiger charge is 1.99. The summed E-state index contributed by atoms with van der Waals surface area (Å²) in [6.45, 7) is 2.27. The lowest BCUT2D eigenvalue weighted by atomic mass is 10.1. The molecule has 0 fully saturated rings. The summed E-state index contributed by atoms with van der Waals surface area (Å²) in [6, 6.07) is 15.4. The molecule has 0 N–H and O–H groups in total. The Morgan fingerprint density at radius 2 is 1.71 bits per heavy atom. The summed E-state index contributed by atoms with van der Waals surface area (Å²) in [4.78, 5) is 0. The molecule has 90 valence electrons. The maximum absolute atomic E-state index is 2.29. The molecule has 0 heterocycles. The molecule has 2 aromatic rings. The molecule has 17 heavy (non-hydrogen) atoms. The number of rotatable bonds is 6. The predicted molar refractivity (Wildman–Crippen MR) is 80.9 cm³/mol. The Morgan fingerprint density at radius 1 is 0.882 bits per heavy atom. The molecule has 0 nitrogen and oxygen atoms in total. The van der Waals surface area contributed by atoms with E-state index in [-0.39, 0.29) is 0 Å². The van der Waals surface area contributed by atoms with Gasteiger partial charge in [0.1, 0.15) is 0 Å². The molecule has 2 aromatic carbocycles. The lowest BCUT2D eigenvalue weighted by molar-refractivity contribution is 0.706. The standard InChI is InChI=1S/C16H21P/c1-2-3-4-7-13-17-16-12-8-10-14-9-5-6-11-15(14)16/h5-6,8-12,17H,2-4,7,13H2,1H3. The van der Waals surface area contributed by atoms with Crippen LogP contribution in [-0.2, 0) is 0 Å². The van der Waals surface area contributed by atoms with Gasteiger partial charge in [-0.05, 0) is 28.7 Å². The molecule has 1 atom stereocenters. The number of hydrogen-bond donors (Lipinski definition) is 0. The molecular weight excluding hydrogens is 223 g/mol. The van der Waals surface area contributed by atoms with E-state index in [9.17, 15) is 0 Å². The number of unbranched alkanes of at least 4 members (excludes halogenated alkanes) is 3. The van der Waals surface area contributed by atoms with Gasteiger partial charge in [0.25, 0.3) is 0 Å². The molecular formula is C16H21P. The van der Waals surface area contributed by atoms with Gasteiger partial charge in [0.05, 0.1) is 0 Å². The van der Waals surface area contributed by atoms with E-state index in [1.165, 1.54) is 42.6 Å². The van der Waals surface area contributed by atoms with E-state index in [0.717, 1.165) is 8.58 Å². The highest BCUT2D eigenvalue weighted by atomic mass is 31.1. The summed E-state index contributed by atoms with van der Waals surface area (Å²) in [5.41, 5.74) is 0. The Kier molecular flexibility index (Phi) is 5.01. The average molecular weight is 244 g/mol. The number of fused-ring (bicyclic) bond motifs is 1. The van der Waals surface area contributed by atoms with Gasteiger partial charge < -0.3 is 0 Å². The van der Waals surface area contributed by atoms with Gasteiger partial charge in [0.15, 0.2) is 0 Å². The zero-order valence-corrected chi connectivity index (χ0v) is 11.6. The molecule has 2 rings (SSSR count). The van der Waals surface area contributed by atoms with Crippen LogP contribution in [-0.4, -0.2) is 6.16 Å². The number of hydrogen-bond acceptors (Lipinski definition) is 0. The lowest BCUT2D eigenvalue weighted by Gasteiger charge is -2.06. The Morgan fingerprint density at radius 3 is 2.59 bits per heavy atom.